The predicted molar refractivity (Wildman–Crippen MR) is 27.5 cm³/mol. The maximum atomic E-state index is 11.4. The van der Waals surface area contributed by atoms with Gasteiger partial charge in [0.25, 0.3) is 0 Å². The molecule has 0 saturated carbocycles. The first-order valence-corrected chi connectivity index (χ1v) is 2.18. The van der Waals surface area contributed by atoms with E-state index in [-0.39, 0.29) is 6.08 Å². The summed E-state index contributed by atoms with van der Waals surface area (Å²) in [4.78, 5) is 9.82. The van der Waals surface area contributed by atoms with E-state index in [4.69, 9.17) is 0 Å². The molecule has 0 heterocycles. The minimum atomic E-state index is -4.67. The third-order valence-electron chi connectivity index (χ3n) is 0.625. The molecule has 0 aromatic rings. The molecule has 1 amide bonds. The molecule has 0 aromatic carbocycles. The van der Waals surface area contributed by atoms with Crippen LogP contribution in [0.15, 0.2) is 11.8 Å². The van der Waals surface area contributed by atoms with Crippen LogP contribution < -0.4 is 11.5 Å². The number of amides is 1. The maximum Gasteiger partial charge on any atom is 0.430 e. The molecule has 4 N–H and O–H groups in total. The number of carbonyl (C=O) groups is 1. The van der Waals surface area contributed by atoms with E-state index in [1.54, 1.807) is 0 Å². The summed E-state index contributed by atoms with van der Waals surface area (Å²) in [5.41, 5.74) is 7.30. The van der Waals surface area contributed by atoms with Crippen LogP contribution in [0.2, 0.25) is 0 Å². The number of rotatable bonds is 1. The molecule has 0 aromatic heterocycles. The highest BCUT2D eigenvalue weighted by molar-refractivity contribution is 5.86. The van der Waals surface area contributed by atoms with E-state index in [9.17, 15) is 18.0 Å². The minimum Gasteiger partial charge on any atom is -0.395 e. The lowest BCUT2D eigenvalue weighted by Gasteiger charge is -2.03. The van der Waals surface area contributed by atoms with Gasteiger partial charge in [0.15, 0.2) is 0 Å². The van der Waals surface area contributed by atoms with Gasteiger partial charge in [-0.05, 0) is 0 Å². The Labute approximate surface area is 54.5 Å². The molecule has 0 unspecified atom stereocenters. The minimum absolute atomic E-state index is 0.125. The molecule has 0 fully saturated rings. The summed E-state index contributed by atoms with van der Waals surface area (Å²) in [6.45, 7) is 0. The van der Waals surface area contributed by atoms with Crippen LogP contribution in [-0.2, 0) is 4.79 Å². The fourth-order valence-corrected chi connectivity index (χ4v) is 0.235. The number of carbonyl (C=O) groups excluding carboxylic acids is 1. The van der Waals surface area contributed by atoms with E-state index in [0.29, 0.717) is 0 Å². The van der Waals surface area contributed by atoms with Crippen molar-refractivity contribution in [3.8, 4) is 0 Å². The first-order valence-electron chi connectivity index (χ1n) is 2.18. The molecule has 10 heavy (non-hydrogen) atoms. The van der Waals surface area contributed by atoms with E-state index >= 15 is 0 Å². The van der Waals surface area contributed by atoms with Crippen LogP contribution in [0.5, 0.6) is 0 Å². The zero-order valence-corrected chi connectivity index (χ0v) is 4.77. The largest absolute Gasteiger partial charge is 0.430 e. The van der Waals surface area contributed by atoms with Gasteiger partial charge in [-0.15, -0.1) is 0 Å². The van der Waals surface area contributed by atoms with E-state index in [1.807, 2.05) is 0 Å². The van der Waals surface area contributed by atoms with Crippen LogP contribution in [0.1, 0.15) is 0 Å². The second-order valence-electron chi connectivity index (χ2n) is 1.50. The molecule has 58 valence electrons. The molecule has 0 saturated heterocycles. The quantitative estimate of drug-likeness (QED) is 0.517. The van der Waals surface area contributed by atoms with Gasteiger partial charge in [-0.25, -0.2) is 0 Å². The first-order chi connectivity index (χ1) is 4.34. The summed E-state index contributed by atoms with van der Waals surface area (Å²) in [6, 6.07) is 0. The number of hydrogen-bond donors (Lipinski definition) is 2. The topological polar surface area (TPSA) is 69.1 Å². The summed E-state index contributed by atoms with van der Waals surface area (Å²) in [5.74, 6) is -1.21. The molecule has 0 atom stereocenters. The lowest BCUT2D eigenvalue weighted by atomic mass is 10.4. The summed E-state index contributed by atoms with van der Waals surface area (Å²) in [5, 5.41) is 0. The standard InChI is InChI=1S/C4H5F3N2O/c5-4(6,7)2(8)1-3(9)10/h1H,8H2,(H2,9,10)/b2-1+. The van der Waals surface area contributed by atoms with Crippen molar-refractivity contribution in [2.45, 2.75) is 6.18 Å². The van der Waals surface area contributed by atoms with Gasteiger partial charge in [0.2, 0.25) is 5.91 Å². The van der Waals surface area contributed by atoms with E-state index < -0.39 is 17.8 Å². The number of halogens is 3. The second-order valence-corrected chi connectivity index (χ2v) is 1.50. The maximum absolute atomic E-state index is 11.4. The van der Waals surface area contributed by atoms with Crippen LogP contribution in [0, 0.1) is 0 Å². The van der Waals surface area contributed by atoms with Gasteiger partial charge in [-0.3, -0.25) is 4.79 Å². The lowest BCUT2D eigenvalue weighted by molar-refractivity contribution is -0.115. The molecule has 0 spiro atoms. The van der Waals surface area contributed by atoms with Crippen molar-refractivity contribution in [1.82, 2.24) is 0 Å². The van der Waals surface area contributed by atoms with E-state index in [2.05, 4.69) is 11.5 Å². The van der Waals surface area contributed by atoms with Crippen LogP contribution in [0.4, 0.5) is 13.2 Å². The molecule has 3 nitrogen and oxygen atoms in total. The van der Waals surface area contributed by atoms with Crippen molar-refractivity contribution in [2.75, 3.05) is 0 Å². The number of primary amides is 1. The summed E-state index contributed by atoms with van der Waals surface area (Å²) in [7, 11) is 0. The van der Waals surface area contributed by atoms with E-state index in [0.717, 1.165) is 0 Å². The number of hydrogen-bond acceptors (Lipinski definition) is 2. The van der Waals surface area contributed by atoms with Crippen molar-refractivity contribution in [2.24, 2.45) is 11.5 Å². The van der Waals surface area contributed by atoms with Crippen molar-refractivity contribution in [3.63, 3.8) is 0 Å². The normalized spacial score (nSPS) is 13.3. The van der Waals surface area contributed by atoms with Gasteiger partial charge in [-0.1, -0.05) is 0 Å². The van der Waals surface area contributed by atoms with Crippen molar-refractivity contribution < 1.29 is 18.0 Å². The van der Waals surface area contributed by atoms with Crippen molar-refractivity contribution >= 4 is 5.91 Å². The number of allylic oxidation sites excluding steroid dienone is 1. The highest BCUT2D eigenvalue weighted by atomic mass is 19.4. The zero-order valence-electron chi connectivity index (χ0n) is 4.77. The fourth-order valence-electron chi connectivity index (χ4n) is 0.235. The molecular formula is C4H5F3N2O. The Bertz CT molecular complexity index is 172. The zero-order chi connectivity index (χ0) is 8.36. The highest BCUT2D eigenvalue weighted by Gasteiger charge is 2.31. The Morgan fingerprint density at radius 1 is 1.30 bits per heavy atom. The highest BCUT2D eigenvalue weighted by Crippen LogP contribution is 2.20. The molecule has 0 aliphatic carbocycles. The molecule has 0 aliphatic rings. The van der Waals surface area contributed by atoms with Gasteiger partial charge >= 0.3 is 6.18 Å². The Morgan fingerprint density at radius 3 is 1.80 bits per heavy atom. The Balaban J connectivity index is 4.35. The number of alkyl halides is 3. The summed E-state index contributed by atoms with van der Waals surface area (Å²) < 4.78 is 34.2. The van der Waals surface area contributed by atoms with Gasteiger partial charge in [0.1, 0.15) is 5.70 Å². The predicted octanol–water partition coefficient (Wildman–Crippen LogP) is -0.123. The van der Waals surface area contributed by atoms with E-state index in [1.165, 1.54) is 0 Å². The average molecular weight is 154 g/mol. The van der Waals surface area contributed by atoms with Crippen molar-refractivity contribution in [1.29, 1.82) is 0 Å². The SMILES string of the molecule is NC(=O)/C=C(/N)C(F)(F)F. The van der Waals surface area contributed by atoms with Crippen molar-refractivity contribution in [3.05, 3.63) is 11.8 Å². The molecule has 0 rings (SSSR count). The van der Waals surface area contributed by atoms with Gasteiger partial charge in [0, 0.05) is 6.08 Å². The van der Waals surface area contributed by atoms with Gasteiger partial charge < -0.3 is 11.5 Å². The Morgan fingerprint density at radius 2 is 1.70 bits per heavy atom. The monoisotopic (exact) mass is 154 g/mol. The first kappa shape index (κ1) is 8.80. The van der Waals surface area contributed by atoms with Crippen LogP contribution in [0.3, 0.4) is 0 Å². The third-order valence-corrected chi connectivity index (χ3v) is 0.625. The van der Waals surface area contributed by atoms with Crippen LogP contribution in [0.25, 0.3) is 0 Å². The molecule has 0 aliphatic heterocycles. The molecule has 0 bridgehead atoms. The Hall–Kier alpha value is -1.20. The molecular weight excluding hydrogens is 149 g/mol. The van der Waals surface area contributed by atoms with Gasteiger partial charge in [0.05, 0.1) is 0 Å². The number of nitrogens with two attached hydrogens (primary N) is 2. The average Bonchev–Trinajstić information content (AvgIpc) is 1.60. The Kier molecular flexibility index (Phi) is 2.28. The fraction of sp³-hybridized carbons (Fsp3) is 0.250. The molecule has 0 radical (unpaired) electrons. The summed E-state index contributed by atoms with van der Waals surface area (Å²) in [6.07, 6.45) is -4.55. The summed E-state index contributed by atoms with van der Waals surface area (Å²) >= 11 is 0. The smallest absolute Gasteiger partial charge is 0.395 e. The lowest BCUT2D eigenvalue weighted by Crippen LogP contribution is -2.22. The third kappa shape index (κ3) is 2.95. The van der Waals surface area contributed by atoms with Crippen LogP contribution in [-0.4, -0.2) is 12.1 Å². The van der Waals surface area contributed by atoms with Crippen LogP contribution >= 0.6 is 0 Å². The molecule has 6 heteroatoms. The van der Waals surface area contributed by atoms with Gasteiger partial charge in [-0.2, -0.15) is 13.2 Å². The second kappa shape index (κ2) is 2.59.